The summed E-state index contributed by atoms with van der Waals surface area (Å²) >= 11 is 0. The summed E-state index contributed by atoms with van der Waals surface area (Å²) in [6.07, 6.45) is 0. The molecular weight excluding hydrogens is 455 g/mol. The monoisotopic (exact) mass is 486 g/mol. The van der Waals surface area contributed by atoms with Crippen molar-refractivity contribution in [1.29, 1.82) is 0 Å². The Morgan fingerprint density at radius 3 is 2.44 bits per heavy atom. The molecule has 0 spiro atoms. The molecule has 27 heavy (non-hydrogen) atoms. The molecule has 0 saturated carbocycles. The Labute approximate surface area is 179 Å². The van der Waals surface area contributed by atoms with Crippen molar-refractivity contribution in [2.75, 3.05) is 19.7 Å². The van der Waals surface area contributed by atoms with Gasteiger partial charge in [0.1, 0.15) is 18.9 Å². The van der Waals surface area contributed by atoms with E-state index in [0.29, 0.717) is 25.6 Å². The summed E-state index contributed by atoms with van der Waals surface area (Å²) in [5.74, 6) is 2.75. The fraction of sp³-hybridized carbons (Fsp3) is 0.500. The molecule has 2 rings (SSSR count). The molecule has 0 aliphatic carbocycles. The SMILES string of the molecule is CCNC(=NCc1cc(C(C)C)no1)NCCOc1cc(C)cc(C)c1.I. The Morgan fingerprint density at radius 2 is 1.85 bits per heavy atom. The number of aryl methyl sites for hydroxylation is 2. The third-order valence-electron chi connectivity index (χ3n) is 3.76. The van der Waals surface area contributed by atoms with Gasteiger partial charge in [0.2, 0.25) is 0 Å². The highest BCUT2D eigenvalue weighted by Gasteiger charge is 2.07. The van der Waals surface area contributed by atoms with Gasteiger partial charge in [0.05, 0.1) is 12.2 Å². The third kappa shape index (κ3) is 8.19. The Bertz CT molecular complexity index is 708. The molecule has 1 aromatic heterocycles. The van der Waals surface area contributed by atoms with E-state index >= 15 is 0 Å². The van der Waals surface area contributed by atoms with Crippen molar-refractivity contribution in [3.8, 4) is 5.75 Å². The van der Waals surface area contributed by atoms with E-state index in [2.05, 4.69) is 54.5 Å². The van der Waals surface area contributed by atoms with E-state index in [4.69, 9.17) is 9.26 Å². The van der Waals surface area contributed by atoms with Gasteiger partial charge >= 0.3 is 0 Å². The highest BCUT2D eigenvalue weighted by atomic mass is 127. The number of benzene rings is 1. The third-order valence-corrected chi connectivity index (χ3v) is 3.76. The number of hydrogen-bond donors (Lipinski definition) is 2. The lowest BCUT2D eigenvalue weighted by Gasteiger charge is -2.12. The summed E-state index contributed by atoms with van der Waals surface area (Å²) in [4.78, 5) is 4.53. The molecule has 0 fully saturated rings. The maximum absolute atomic E-state index is 5.81. The van der Waals surface area contributed by atoms with Crippen molar-refractivity contribution >= 4 is 29.9 Å². The van der Waals surface area contributed by atoms with Crippen LogP contribution in [0, 0.1) is 13.8 Å². The molecule has 0 saturated heterocycles. The number of nitrogens with zero attached hydrogens (tertiary/aromatic N) is 2. The van der Waals surface area contributed by atoms with Crippen molar-refractivity contribution in [2.45, 2.75) is 47.1 Å². The average molecular weight is 486 g/mol. The minimum atomic E-state index is 0. The van der Waals surface area contributed by atoms with E-state index in [1.54, 1.807) is 0 Å². The van der Waals surface area contributed by atoms with E-state index in [-0.39, 0.29) is 24.0 Å². The molecule has 1 heterocycles. The molecule has 0 bridgehead atoms. The van der Waals surface area contributed by atoms with Crippen LogP contribution < -0.4 is 15.4 Å². The second-order valence-electron chi connectivity index (χ2n) is 6.67. The molecule has 0 aliphatic rings. The van der Waals surface area contributed by atoms with Crippen LogP contribution in [0.4, 0.5) is 0 Å². The van der Waals surface area contributed by atoms with Gasteiger partial charge in [0, 0.05) is 12.6 Å². The maximum Gasteiger partial charge on any atom is 0.191 e. The van der Waals surface area contributed by atoms with Crippen LogP contribution in [0.3, 0.4) is 0 Å². The number of aliphatic imine (C=N–C) groups is 1. The largest absolute Gasteiger partial charge is 0.492 e. The average Bonchev–Trinajstić information content (AvgIpc) is 3.05. The lowest BCUT2D eigenvalue weighted by atomic mass is 10.1. The van der Waals surface area contributed by atoms with Crippen LogP contribution in [-0.2, 0) is 6.54 Å². The Kier molecular flexibility index (Phi) is 10.2. The predicted molar refractivity (Wildman–Crippen MR) is 120 cm³/mol. The summed E-state index contributed by atoms with van der Waals surface area (Å²) in [7, 11) is 0. The van der Waals surface area contributed by atoms with Crippen molar-refractivity contribution in [1.82, 2.24) is 15.8 Å². The van der Waals surface area contributed by atoms with Crippen molar-refractivity contribution in [3.05, 3.63) is 46.8 Å². The molecule has 2 N–H and O–H groups in total. The molecule has 0 aliphatic heterocycles. The van der Waals surface area contributed by atoms with Gasteiger partial charge in [-0.3, -0.25) is 0 Å². The second kappa shape index (κ2) is 11.8. The van der Waals surface area contributed by atoms with E-state index in [1.165, 1.54) is 11.1 Å². The zero-order valence-corrected chi connectivity index (χ0v) is 19.2. The van der Waals surface area contributed by atoms with E-state index in [0.717, 1.165) is 29.7 Å². The Morgan fingerprint density at radius 1 is 1.15 bits per heavy atom. The van der Waals surface area contributed by atoms with Gasteiger partial charge < -0.3 is 19.9 Å². The predicted octanol–water partition coefficient (Wildman–Crippen LogP) is 4.17. The van der Waals surface area contributed by atoms with Crippen LogP contribution in [-0.4, -0.2) is 30.8 Å². The van der Waals surface area contributed by atoms with Crippen molar-refractivity contribution in [2.24, 2.45) is 4.99 Å². The number of aromatic nitrogens is 1. The first-order valence-corrected chi connectivity index (χ1v) is 9.16. The van der Waals surface area contributed by atoms with Crippen LogP contribution >= 0.6 is 24.0 Å². The first kappa shape index (κ1) is 23.3. The maximum atomic E-state index is 5.81. The fourth-order valence-corrected chi connectivity index (χ4v) is 2.53. The number of guanidine groups is 1. The topological polar surface area (TPSA) is 71.7 Å². The summed E-state index contributed by atoms with van der Waals surface area (Å²) < 4.78 is 11.1. The molecule has 0 amide bonds. The molecular formula is C20H31IN4O2. The summed E-state index contributed by atoms with van der Waals surface area (Å²) in [5.41, 5.74) is 3.36. The summed E-state index contributed by atoms with van der Waals surface area (Å²) in [6, 6.07) is 8.18. The van der Waals surface area contributed by atoms with Crippen LogP contribution in [0.2, 0.25) is 0 Å². The number of ether oxygens (including phenoxy) is 1. The molecule has 0 unspecified atom stereocenters. The summed E-state index contributed by atoms with van der Waals surface area (Å²) in [6.45, 7) is 12.8. The second-order valence-corrected chi connectivity index (χ2v) is 6.67. The van der Waals surface area contributed by atoms with E-state index < -0.39 is 0 Å². The number of rotatable bonds is 8. The Balaban J connectivity index is 0.00000364. The first-order valence-electron chi connectivity index (χ1n) is 9.16. The lowest BCUT2D eigenvalue weighted by molar-refractivity contribution is 0.321. The van der Waals surface area contributed by atoms with Gasteiger partial charge in [0.15, 0.2) is 11.7 Å². The molecule has 0 radical (unpaired) electrons. The highest BCUT2D eigenvalue weighted by Crippen LogP contribution is 2.16. The van der Waals surface area contributed by atoms with Gasteiger partial charge in [0.25, 0.3) is 0 Å². The molecule has 150 valence electrons. The fourth-order valence-electron chi connectivity index (χ4n) is 2.53. The summed E-state index contributed by atoms with van der Waals surface area (Å²) in [5, 5.41) is 10.6. The van der Waals surface area contributed by atoms with Crippen LogP contribution in [0.1, 0.15) is 49.3 Å². The molecule has 1 aromatic carbocycles. The van der Waals surface area contributed by atoms with Crippen LogP contribution in [0.5, 0.6) is 5.75 Å². The number of halogens is 1. The van der Waals surface area contributed by atoms with E-state index in [1.807, 2.05) is 25.1 Å². The van der Waals surface area contributed by atoms with Crippen LogP contribution in [0.25, 0.3) is 0 Å². The van der Waals surface area contributed by atoms with Gasteiger partial charge in [-0.25, -0.2) is 4.99 Å². The smallest absolute Gasteiger partial charge is 0.191 e. The van der Waals surface area contributed by atoms with Crippen LogP contribution in [0.15, 0.2) is 33.8 Å². The van der Waals surface area contributed by atoms with Gasteiger partial charge in [-0.1, -0.05) is 25.1 Å². The zero-order valence-electron chi connectivity index (χ0n) is 16.8. The first-order chi connectivity index (χ1) is 12.5. The van der Waals surface area contributed by atoms with Gasteiger partial charge in [-0.15, -0.1) is 24.0 Å². The molecule has 7 heteroatoms. The number of nitrogens with one attached hydrogen (secondary N) is 2. The van der Waals surface area contributed by atoms with Gasteiger partial charge in [-0.05, 0) is 49.9 Å². The highest BCUT2D eigenvalue weighted by molar-refractivity contribution is 14.0. The van der Waals surface area contributed by atoms with Crippen molar-refractivity contribution in [3.63, 3.8) is 0 Å². The minimum Gasteiger partial charge on any atom is -0.492 e. The minimum absolute atomic E-state index is 0. The lowest BCUT2D eigenvalue weighted by Crippen LogP contribution is -2.39. The standard InChI is InChI=1S/C20H30N4O2.HI/c1-6-21-20(23-13-18-12-19(14(2)3)24-26-18)22-7-8-25-17-10-15(4)9-16(5)11-17;/h9-12,14H,6-8,13H2,1-5H3,(H2,21,22,23);1H. The van der Waals surface area contributed by atoms with E-state index in [9.17, 15) is 0 Å². The normalized spacial score (nSPS) is 11.3. The Hall–Kier alpha value is -1.77. The van der Waals surface area contributed by atoms with Gasteiger partial charge in [-0.2, -0.15) is 0 Å². The molecule has 0 atom stereocenters. The quantitative estimate of drug-likeness (QED) is 0.254. The zero-order chi connectivity index (χ0) is 18.9. The van der Waals surface area contributed by atoms with Crippen molar-refractivity contribution < 1.29 is 9.26 Å². The molecule has 6 nitrogen and oxygen atoms in total. The number of hydrogen-bond acceptors (Lipinski definition) is 4. The molecule has 2 aromatic rings.